The molecule has 1 aliphatic heterocycles. The number of thiophene rings is 1. The van der Waals surface area contributed by atoms with Crippen molar-refractivity contribution in [1.29, 1.82) is 0 Å². The Labute approximate surface area is 186 Å². The van der Waals surface area contributed by atoms with E-state index in [9.17, 15) is 9.90 Å². The Kier molecular flexibility index (Phi) is 6.38. The number of hydrogen-bond donors (Lipinski definition) is 2. The van der Waals surface area contributed by atoms with Gasteiger partial charge in [0.2, 0.25) is 5.91 Å². The number of rotatable bonds is 6. The van der Waals surface area contributed by atoms with E-state index in [0.717, 1.165) is 53.9 Å². The van der Waals surface area contributed by atoms with E-state index >= 15 is 0 Å². The van der Waals surface area contributed by atoms with Crippen LogP contribution in [0.3, 0.4) is 0 Å². The van der Waals surface area contributed by atoms with E-state index in [1.54, 1.807) is 30.3 Å². The first kappa shape index (κ1) is 21.5. The van der Waals surface area contributed by atoms with Gasteiger partial charge in [0.25, 0.3) is 0 Å². The summed E-state index contributed by atoms with van der Waals surface area (Å²) in [7, 11) is 3.59. The molecule has 1 aromatic carbocycles. The number of benzene rings is 1. The number of likely N-dealkylation sites (tertiary alicyclic amines) is 1. The van der Waals surface area contributed by atoms with Crippen LogP contribution < -0.4 is 5.32 Å². The molecular weight excluding hydrogens is 410 g/mol. The molecule has 1 atom stereocenters. The summed E-state index contributed by atoms with van der Waals surface area (Å²) in [5.74, 6) is 1.16. The number of phenolic OH excluding ortho intramolecular Hbond substituents is 1. The predicted octanol–water partition coefficient (Wildman–Crippen LogP) is 3.73. The molecule has 3 aromatic rings. The Morgan fingerprint density at radius 3 is 2.94 bits per heavy atom. The summed E-state index contributed by atoms with van der Waals surface area (Å²) in [5.41, 5.74) is 2.37. The third kappa shape index (κ3) is 4.80. The molecule has 0 bridgehead atoms. The minimum atomic E-state index is 0.163. The summed E-state index contributed by atoms with van der Waals surface area (Å²) in [5, 5.41) is 25.8. The van der Waals surface area contributed by atoms with Crippen LogP contribution in [0.15, 0.2) is 29.6 Å². The number of fused-ring (bicyclic) bond motifs is 1. The summed E-state index contributed by atoms with van der Waals surface area (Å²) in [4.78, 5) is 15.9. The largest absolute Gasteiger partial charge is 0.507 e. The predicted molar refractivity (Wildman–Crippen MR) is 126 cm³/mol. The zero-order valence-corrected chi connectivity index (χ0v) is 19.1. The third-order valence-electron chi connectivity index (χ3n) is 5.84. The van der Waals surface area contributed by atoms with Crippen LogP contribution in [0.2, 0.25) is 0 Å². The number of amides is 1. The molecular formula is C23H29N5O2S. The molecule has 1 saturated heterocycles. The second kappa shape index (κ2) is 9.20. The first-order valence-corrected chi connectivity index (χ1v) is 11.5. The topological polar surface area (TPSA) is 81.6 Å². The average Bonchev–Trinajstić information content (AvgIpc) is 3.23. The summed E-state index contributed by atoms with van der Waals surface area (Å²) >= 11 is 1.61. The fraction of sp³-hybridized carbons (Fsp3) is 0.435. The highest BCUT2D eigenvalue weighted by atomic mass is 32.1. The number of aryl methyl sites for hydroxylation is 1. The summed E-state index contributed by atoms with van der Waals surface area (Å²) < 4.78 is 1.05. The van der Waals surface area contributed by atoms with Crippen LogP contribution in [0, 0.1) is 6.92 Å². The first-order chi connectivity index (χ1) is 14.9. The normalized spacial score (nSPS) is 17.1. The molecule has 1 amide bonds. The van der Waals surface area contributed by atoms with Gasteiger partial charge in [-0.1, -0.05) is 0 Å². The minimum Gasteiger partial charge on any atom is -0.507 e. The average molecular weight is 440 g/mol. The molecule has 164 valence electrons. The molecule has 0 unspecified atom stereocenters. The van der Waals surface area contributed by atoms with Crippen molar-refractivity contribution in [3.8, 4) is 17.0 Å². The number of hydrogen-bond acceptors (Lipinski definition) is 7. The van der Waals surface area contributed by atoms with E-state index in [-0.39, 0.29) is 17.7 Å². The van der Waals surface area contributed by atoms with Crippen LogP contribution in [0.1, 0.15) is 24.8 Å². The van der Waals surface area contributed by atoms with E-state index in [4.69, 9.17) is 0 Å². The lowest BCUT2D eigenvalue weighted by Crippen LogP contribution is -2.43. The molecule has 8 heteroatoms. The number of carbonyl (C=O) groups excluding carboxylic acids is 1. The van der Waals surface area contributed by atoms with Crippen LogP contribution >= 0.6 is 11.3 Å². The highest BCUT2D eigenvalue weighted by Crippen LogP contribution is 2.38. The lowest BCUT2D eigenvalue weighted by molar-refractivity contribution is -0.129. The van der Waals surface area contributed by atoms with E-state index in [0.29, 0.717) is 17.7 Å². The van der Waals surface area contributed by atoms with E-state index < -0.39 is 0 Å². The molecule has 0 aliphatic carbocycles. The Morgan fingerprint density at radius 2 is 2.16 bits per heavy atom. The number of piperidine rings is 1. The van der Waals surface area contributed by atoms with E-state index in [2.05, 4.69) is 20.4 Å². The van der Waals surface area contributed by atoms with Crippen LogP contribution in [-0.2, 0) is 4.79 Å². The third-order valence-corrected chi connectivity index (χ3v) is 6.73. The van der Waals surface area contributed by atoms with Crippen LogP contribution in [0.4, 0.5) is 5.82 Å². The second-order valence-electron chi connectivity index (χ2n) is 8.38. The number of aromatic nitrogens is 2. The molecule has 1 fully saturated rings. The summed E-state index contributed by atoms with van der Waals surface area (Å²) in [6.45, 7) is 4.68. The SMILES string of the molecule is Cc1cc(N[C@H]2CCCN(CCC(=O)N(C)C)C2)nnc1-c1ccc2sccc2c1O. The maximum Gasteiger partial charge on any atom is 0.223 e. The van der Waals surface area contributed by atoms with Gasteiger partial charge in [-0.15, -0.1) is 21.5 Å². The van der Waals surface area contributed by atoms with Crippen molar-refractivity contribution in [2.75, 3.05) is 39.0 Å². The van der Waals surface area contributed by atoms with Gasteiger partial charge in [0.05, 0.1) is 5.69 Å². The Balaban J connectivity index is 1.43. The molecule has 0 spiro atoms. The Hall–Kier alpha value is -2.71. The van der Waals surface area contributed by atoms with Gasteiger partial charge < -0.3 is 20.2 Å². The number of nitrogens with zero attached hydrogens (tertiary/aromatic N) is 4. The molecule has 0 radical (unpaired) electrons. The van der Waals surface area contributed by atoms with Gasteiger partial charge in [0.15, 0.2) is 0 Å². The Bertz CT molecular complexity index is 1080. The molecule has 4 rings (SSSR count). The standard InChI is InChI=1S/C23H29N5O2S/c1-15-13-20(24-16-5-4-10-28(14-16)11-8-21(29)27(2)3)25-26-22(15)18-6-7-19-17(23(18)30)9-12-31-19/h6-7,9,12-13,16,30H,4-5,8,10-11,14H2,1-3H3,(H,24,25)/t16-/m0/s1. The zero-order chi connectivity index (χ0) is 22.0. The van der Waals surface area contributed by atoms with Crippen LogP contribution in [0.5, 0.6) is 5.75 Å². The molecule has 7 nitrogen and oxygen atoms in total. The molecule has 2 aromatic heterocycles. The van der Waals surface area contributed by atoms with Crippen molar-refractivity contribution in [3.05, 3.63) is 35.2 Å². The van der Waals surface area contributed by atoms with Crippen molar-refractivity contribution in [3.63, 3.8) is 0 Å². The van der Waals surface area contributed by atoms with Gasteiger partial charge in [-0.25, -0.2) is 0 Å². The van der Waals surface area contributed by atoms with Gasteiger partial charge in [-0.2, -0.15) is 0 Å². The van der Waals surface area contributed by atoms with Gasteiger partial charge in [0.1, 0.15) is 11.6 Å². The fourth-order valence-electron chi connectivity index (χ4n) is 4.10. The maximum absolute atomic E-state index is 11.9. The number of carbonyl (C=O) groups is 1. The molecule has 2 N–H and O–H groups in total. The highest BCUT2D eigenvalue weighted by Gasteiger charge is 2.21. The molecule has 0 saturated carbocycles. The fourth-order valence-corrected chi connectivity index (χ4v) is 4.89. The van der Waals surface area contributed by atoms with Crippen molar-refractivity contribution in [1.82, 2.24) is 20.0 Å². The molecule has 3 heterocycles. The lowest BCUT2D eigenvalue weighted by Gasteiger charge is -2.33. The lowest BCUT2D eigenvalue weighted by atomic mass is 10.0. The first-order valence-electron chi connectivity index (χ1n) is 10.7. The number of anilines is 1. The van der Waals surface area contributed by atoms with Crippen LogP contribution in [0.25, 0.3) is 21.3 Å². The molecule has 1 aliphatic rings. The minimum absolute atomic E-state index is 0.163. The van der Waals surface area contributed by atoms with Crippen molar-refractivity contribution >= 4 is 33.1 Å². The maximum atomic E-state index is 11.9. The van der Waals surface area contributed by atoms with Gasteiger partial charge in [-0.3, -0.25) is 4.79 Å². The smallest absolute Gasteiger partial charge is 0.223 e. The van der Waals surface area contributed by atoms with Gasteiger partial charge >= 0.3 is 0 Å². The molecule has 31 heavy (non-hydrogen) atoms. The van der Waals surface area contributed by atoms with Crippen LogP contribution in [-0.4, -0.2) is 70.8 Å². The quantitative estimate of drug-likeness (QED) is 0.609. The van der Waals surface area contributed by atoms with E-state index in [1.807, 2.05) is 36.6 Å². The van der Waals surface area contributed by atoms with Gasteiger partial charge in [-0.05, 0) is 61.5 Å². The zero-order valence-electron chi connectivity index (χ0n) is 18.3. The van der Waals surface area contributed by atoms with Crippen molar-refractivity contribution in [2.45, 2.75) is 32.2 Å². The number of aromatic hydroxyl groups is 1. The second-order valence-corrected chi connectivity index (χ2v) is 9.33. The van der Waals surface area contributed by atoms with E-state index in [1.165, 1.54) is 0 Å². The van der Waals surface area contributed by atoms with Crippen molar-refractivity contribution < 1.29 is 9.90 Å². The summed E-state index contributed by atoms with van der Waals surface area (Å²) in [6, 6.07) is 8.12. The van der Waals surface area contributed by atoms with Crippen molar-refractivity contribution in [2.24, 2.45) is 0 Å². The van der Waals surface area contributed by atoms with Gasteiger partial charge in [0, 0.05) is 55.3 Å². The number of nitrogens with one attached hydrogen (secondary N) is 1. The summed E-state index contributed by atoms with van der Waals surface area (Å²) in [6.07, 6.45) is 2.70. The Morgan fingerprint density at radius 1 is 1.32 bits per heavy atom. The number of phenols is 1. The highest BCUT2D eigenvalue weighted by molar-refractivity contribution is 7.17. The monoisotopic (exact) mass is 439 g/mol.